The van der Waals surface area contributed by atoms with Gasteiger partial charge in [0.2, 0.25) is 0 Å². The zero-order valence-electron chi connectivity index (χ0n) is 8.94. The molecular formula is C10H8ClFN4OS. The van der Waals surface area contributed by atoms with E-state index in [0.717, 1.165) is 11.8 Å². The van der Waals surface area contributed by atoms with Gasteiger partial charge in [-0.05, 0) is 12.1 Å². The van der Waals surface area contributed by atoms with Gasteiger partial charge in [-0.1, -0.05) is 17.8 Å². The average Bonchev–Trinajstić information content (AvgIpc) is 2.75. The van der Waals surface area contributed by atoms with Crippen LogP contribution in [0.1, 0.15) is 5.82 Å². The van der Waals surface area contributed by atoms with Gasteiger partial charge in [0, 0.05) is 0 Å². The van der Waals surface area contributed by atoms with Crippen LogP contribution >= 0.6 is 24.2 Å². The zero-order chi connectivity index (χ0) is 11.8. The lowest BCUT2D eigenvalue weighted by Gasteiger charge is -2.08. The van der Waals surface area contributed by atoms with Gasteiger partial charge in [-0.2, -0.15) is 5.10 Å². The number of imidazole rings is 1. The number of nitrogens with zero attached hydrogens (tertiary/aromatic N) is 2. The van der Waals surface area contributed by atoms with Gasteiger partial charge in [0.15, 0.2) is 11.6 Å². The molecule has 1 amide bonds. The monoisotopic (exact) mass is 286 g/mol. The Balaban J connectivity index is 0.00000120. The molecular weight excluding hydrogens is 279 g/mol. The van der Waals surface area contributed by atoms with E-state index in [1.807, 2.05) is 0 Å². The van der Waals surface area contributed by atoms with Gasteiger partial charge >= 0.3 is 0 Å². The molecule has 0 unspecified atom stereocenters. The van der Waals surface area contributed by atoms with Gasteiger partial charge in [0.05, 0.1) is 11.3 Å². The van der Waals surface area contributed by atoms with Crippen LogP contribution in [0.5, 0.6) is 0 Å². The Morgan fingerprint density at radius 1 is 1.39 bits per heavy atom. The first-order valence-corrected chi connectivity index (χ1v) is 5.86. The molecule has 1 aromatic heterocycles. The molecule has 0 fully saturated rings. The van der Waals surface area contributed by atoms with Crippen LogP contribution in [0.2, 0.25) is 0 Å². The number of H-pyrrole nitrogens is 1. The van der Waals surface area contributed by atoms with Gasteiger partial charge in [0.25, 0.3) is 5.24 Å². The second-order valence-corrected chi connectivity index (χ2v) is 4.42. The molecule has 1 aliphatic heterocycles. The SMILES string of the molecule is Cl.O=C1NN=C(c2nc3c(F)cccc3[nH]2)CS1. The van der Waals surface area contributed by atoms with E-state index in [2.05, 4.69) is 20.5 Å². The van der Waals surface area contributed by atoms with Crippen molar-refractivity contribution in [2.45, 2.75) is 0 Å². The smallest absolute Gasteiger partial charge is 0.299 e. The fourth-order valence-electron chi connectivity index (χ4n) is 1.57. The highest BCUT2D eigenvalue weighted by atomic mass is 35.5. The molecule has 2 aromatic rings. The predicted octanol–water partition coefficient (Wildman–Crippen LogP) is 2.28. The number of fused-ring (bicyclic) bond motifs is 1. The summed E-state index contributed by atoms with van der Waals surface area (Å²) in [6.45, 7) is 0. The average molecular weight is 287 g/mol. The minimum atomic E-state index is -0.377. The summed E-state index contributed by atoms with van der Waals surface area (Å²) < 4.78 is 13.4. The van der Waals surface area contributed by atoms with Crippen LogP contribution in [0.15, 0.2) is 23.3 Å². The van der Waals surface area contributed by atoms with Crippen LogP contribution in [0.4, 0.5) is 9.18 Å². The van der Waals surface area contributed by atoms with Crippen LogP contribution in [0.3, 0.4) is 0 Å². The number of aromatic amines is 1. The number of benzene rings is 1. The van der Waals surface area contributed by atoms with E-state index in [1.165, 1.54) is 6.07 Å². The molecule has 94 valence electrons. The van der Waals surface area contributed by atoms with Crippen molar-refractivity contribution in [1.29, 1.82) is 0 Å². The van der Waals surface area contributed by atoms with Crippen molar-refractivity contribution in [3.63, 3.8) is 0 Å². The molecule has 0 saturated carbocycles. The van der Waals surface area contributed by atoms with Crippen molar-refractivity contribution in [2.75, 3.05) is 5.75 Å². The molecule has 0 aliphatic carbocycles. The number of amides is 1. The maximum absolute atomic E-state index is 13.4. The number of hydrazone groups is 1. The molecule has 8 heteroatoms. The molecule has 0 atom stereocenters. The summed E-state index contributed by atoms with van der Waals surface area (Å²) in [5.41, 5.74) is 3.85. The number of hydrogen-bond donors (Lipinski definition) is 2. The standard InChI is InChI=1S/C10H7FN4OS.ClH/c11-5-2-1-3-6-8(5)13-9(12-6)7-4-17-10(16)15-14-7;/h1-3H,4H2,(H,12,13)(H,15,16);1H. The first-order chi connectivity index (χ1) is 8.24. The molecule has 1 aromatic carbocycles. The fraction of sp³-hybridized carbons (Fsp3) is 0.100. The lowest BCUT2D eigenvalue weighted by Crippen LogP contribution is -2.24. The van der Waals surface area contributed by atoms with Crippen molar-refractivity contribution in [3.8, 4) is 0 Å². The van der Waals surface area contributed by atoms with E-state index < -0.39 is 0 Å². The Hall–Kier alpha value is -1.60. The van der Waals surface area contributed by atoms with Crippen molar-refractivity contribution < 1.29 is 9.18 Å². The third-order valence-corrected chi connectivity index (χ3v) is 3.13. The van der Waals surface area contributed by atoms with Crippen molar-refractivity contribution in [1.82, 2.24) is 15.4 Å². The molecule has 1 aliphatic rings. The second kappa shape index (κ2) is 4.95. The van der Waals surface area contributed by atoms with E-state index >= 15 is 0 Å². The molecule has 0 radical (unpaired) electrons. The van der Waals surface area contributed by atoms with Crippen molar-refractivity contribution in [3.05, 3.63) is 29.8 Å². The van der Waals surface area contributed by atoms with Crippen LogP contribution < -0.4 is 5.43 Å². The largest absolute Gasteiger partial charge is 0.337 e. The highest BCUT2D eigenvalue weighted by Crippen LogP contribution is 2.17. The number of carbonyl (C=O) groups excluding carboxylic acids is 1. The fourth-order valence-corrected chi connectivity index (χ4v) is 2.15. The summed E-state index contributed by atoms with van der Waals surface area (Å²) >= 11 is 1.10. The number of thioether (sulfide) groups is 1. The number of nitrogens with one attached hydrogen (secondary N) is 2. The van der Waals surface area contributed by atoms with Gasteiger partial charge in [-0.3, -0.25) is 4.79 Å². The molecule has 0 bridgehead atoms. The number of halogens is 2. The van der Waals surface area contributed by atoms with E-state index in [1.54, 1.807) is 12.1 Å². The first kappa shape index (κ1) is 12.8. The normalized spacial score (nSPS) is 14.9. The number of rotatable bonds is 1. The number of carbonyl (C=O) groups is 1. The van der Waals surface area contributed by atoms with Crippen molar-refractivity contribution >= 4 is 46.2 Å². The number of para-hydroxylation sites is 1. The molecule has 0 spiro atoms. The molecule has 0 saturated heterocycles. The van der Waals surface area contributed by atoms with E-state index in [-0.39, 0.29) is 29.0 Å². The van der Waals surface area contributed by atoms with Gasteiger partial charge in [0.1, 0.15) is 11.2 Å². The third kappa shape index (κ3) is 2.19. The Morgan fingerprint density at radius 3 is 2.89 bits per heavy atom. The molecule has 3 rings (SSSR count). The Labute approximate surface area is 112 Å². The minimum absolute atomic E-state index is 0. The second-order valence-electron chi connectivity index (χ2n) is 3.47. The molecule has 2 heterocycles. The summed E-state index contributed by atoms with van der Waals surface area (Å²) in [5, 5.41) is 3.69. The highest BCUT2D eigenvalue weighted by Gasteiger charge is 2.17. The number of hydrogen-bond acceptors (Lipinski definition) is 4. The van der Waals surface area contributed by atoms with Gasteiger partial charge < -0.3 is 4.98 Å². The Bertz CT molecular complexity index is 642. The summed E-state index contributed by atoms with van der Waals surface area (Å²) in [7, 11) is 0. The Morgan fingerprint density at radius 2 is 2.22 bits per heavy atom. The van der Waals surface area contributed by atoms with Gasteiger partial charge in [-0.15, -0.1) is 12.4 Å². The third-order valence-electron chi connectivity index (χ3n) is 2.36. The number of aromatic nitrogens is 2. The van der Waals surface area contributed by atoms with Crippen LogP contribution in [-0.4, -0.2) is 26.7 Å². The highest BCUT2D eigenvalue weighted by molar-refractivity contribution is 8.14. The lowest BCUT2D eigenvalue weighted by molar-refractivity contribution is 0.261. The first-order valence-electron chi connectivity index (χ1n) is 4.88. The summed E-state index contributed by atoms with van der Waals surface area (Å²) in [4.78, 5) is 18.0. The van der Waals surface area contributed by atoms with Crippen LogP contribution in [0.25, 0.3) is 11.0 Å². The predicted molar refractivity (Wildman–Crippen MR) is 70.8 cm³/mol. The molecule has 2 N–H and O–H groups in total. The summed E-state index contributed by atoms with van der Waals surface area (Å²) in [5.74, 6) is 0.531. The molecule has 18 heavy (non-hydrogen) atoms. The van der Waals surface area contributed by atoms with E-state index in [0.29, 0.717) is 22.8 Å². The van der Waals surface area contributed by atoms with Crippen molar-refractivity contribution in [2.24, 2.45) is 5.10 Å². The van der Waals surface area contributed by atoms with Gasteiger partial charge in [-0.25, -0.2) is 14.8 Å². The summed E-state index contributed by atoms with van der Waals surface area (Å²) in [6.07, 6.45) is 0. The Kier molecular flexibility index (Phi) is 3.53. The minimum Gasteiger partial charge on any atom is -0.337 e. The maximum Gasteiger partial charge on any atom is 0.299 e. The summed E-state index contributed by atoms with van der Waals surface area (Å²) in [6, 6.07) is 4.70. The van der Waals surface area contributed by atoms with Crippen LogP contribution in [0, 0.1) is 5.82 Å². The van der Waals surface area contributed by atoms with E-state index in [9.17, 15) is 9.18 Å². The zero-order valence-corrected chi connectivity index (χ0v) is 10.6. The maximum atomic E-state index is 13.4. The quantitative estimate of drug-likeness (QED) is 0.845. The topological polar surface area (TPSA) is 70.1 Å². The lowest BCUT2D eigenvalue weighted by atomic mass is 10.3. The van der Waals surface area contributed by atoms with E-state index in [4.69, 9.17) is 0 Å². The molecule has 5 nitrogen and oxygen atoms in total. The van der Waals surface area contributed by atoms with Crippen LogP contribution in [-0.2, 0) is 0 Å².